The van der Waals surface area contributed by atoms with Gasteiger partial charge in [-0.2, -0.15) is 0 Å². The molecular weight excluding hydrogens is 414 g/mol. The molecule has 4 aromatic carbocycles. The summed E-state index contributed by atoms with van der Waals surface area (Å²) in [5.41, 5.74) is 13.6. The summed E-state index contributed by atoms with van der Waals surface area (Å²) in [7, 11) is 0. The van der Waals surface area contributed by atoms with Crippen LogP contribution in [0.5, 0.6) is 5.75 Å². The van der Waals surface area contributed by atoms with E-state index >= 15 is 0 Å². The van der Waals surface area contributed by atoms with Crippen LogP contribution in [0.4, 0.5) is 0 Å². The van der Waals surface area contributed by atoms with E-state index in [4.69, 9.17) is 0 Å². The Hall–Kier alpha value is -4.04. The largest absolute Gasteiger partial charge is 0.508 e. The first-order valence-corrected chi connectivity index (χ1v) is 11.9. The lowest BCUT2D eigenvalue weighted by molar-refractivity contribution is 0.475. The number of hydrogen-bond donors (Lipinski definition) is 2. The molecule has 0 spiro atoms. The molecule has 1 aliphatic carbocycles. The molecular formula is C32H27NO. The van der Waals surface area contributed by atoms with Crippen molar-refractivity contribution in [2.45, 2.75) is 26.7 Å². The van der Waals surface area contributed by atoms with Gasteiger partial charge in [-0.15, -0.1) is 0 Å². The average molecular weight is 442 g/mol. The summed E-state index contributed by atoms with van der Waals surface area (Å²) >= 11 is 0. The summed E-state index contributed by atoms with van der Waals surface area (Å²) in [6.45, 7) is 4.39. The first-order valence-electron chi connectivity index (χ1n) is 11.9. The van der Waals surface area contributed by atoms with E-state index in [0.717, 1.165) is 18.4 Å². The summed E-state index contributed by atoms with van der Waals surface area (Å²) < 4.78 is 0. The van der Waals surface area contributed by atoms with E-state index in [1.54, 1.807) is 12.1 Å². The van der Waals surface area contributed by atoms with E-state index in [9.17, 15) is 5.11 Å². The summed E-state index contributed by atoms with van der Waals surface area (Å²) in [5, 5.41) is 11.3. The molecule has 1 aromatic heterocycles. The molecule has 0 saturated carbocycles. The average Bonchev–Trinajstić information content (AvgIpc) is 3.24. The third-order valence-electron chi connectivity index (χ3n) is 7.02. The molecule has 2 heteroatoms. The second-order valence-corrected chi connectivity index (χ2v) is 9.24. The van der Waals surface area contributed by atoms with Gasteiger partial charge in [0.05, 0.1) is 5.52 Å². The Bertz CT molecular complexity index is 1540. The highest BCUT2D eigenvalue weighted by atomic mass is 16.3. The number of phenolic OH excluding ortho intramolecular Hbond substituents is 1. The van der Waals surface area contributed by atoms with Crippen molar-refractivity contribution < 1.29 is 5.11 Å². The molecule has 166 valence electrons. The fraction of sp³-hybridized carbons (Fsp3) is 0.125. The Morgan fingerprint density at radius 2 is 1.35 bits per heavy atom. The SMILES string of the molecule is Cc1ccc(-c2c(C)c(-c3ccccc3)c(-c3ccc(O)cc3)c3[nH]c4c(c23)C=CCC4)cc1. The van der Waals surface area contributed by atoms with Gasteiger partial charge < -0.3 is 10.1 Å². The van der Waals surface area contributed by atoms with Crippen LogP contribution in [0.25, 0.3) is 50.4 Å². The van der Waals surface area contributed by atoms with E-state index in [0.29, 0.717) is 0 Å². The van der Waals surface area contributed by atoms with Gasteiger partial charge in [0.1, 0.15) is 5.75 Å². The van der Waals surface area contributed by atoms with Crippen LogP contribution in [-0.4, -0.2) is 10.1 Å². The van der Waals surface area contributed by atoms with Crippen LogP contribution in [-0.2, 0) is 6.42 Å². The van der Waals surface area contributed by atoms with Gasteiger partial charge in [-0.3, -0.25) is 0 Å². The zero-order valence-corrected chi connectivity index (χ0v) is 19.5. The first-order chi connectivity index (χ1) is 16.6. The fourth-order valence-electron chi connectivity index (χ4n) is 5.41. The van der Waals surface area contributed by atoms with Crippen molar-refractivity contribution in [3.63, 3.8) is 0 Å². The zero-order chi connectivity index (χ0) is 23.2. The molecule has 0 atom stereocenters. The van der Waals surface area contributed by atoms with Gasteiger partial charge in [-0.1, -0.05) is 84.4 Å². The minimum atomic E-state index is 0.281. The maximum absolute atomic E-state index is 9.99. The number of aryl methyl sites for hydroxylation is 2. The van der Waals surface area contributed by atoms with Crippen molar-refractivity contribution in [1.29, 1.82) is 0 Å². The monoisotopic (exact) mass is 441 g/mol. The summed E-state index contributed by atoms with van der Waals surface area (Å²) in [6.07, 6.45) is 6.65. The lowest BCUT2D eigenvalue weighted by atomic mass is 9.82. The second kappa shape index (κ2) is 8.07. The minimum absolute atomic E-state index is 0.281. The molecule has 0 saturated heterocycles. The minimum Gasteiger partial charge on any atom is -0.508 e. The van der Waals surface area contributed by atoms with Crippen LogP contribution in [0.2, 0.25) is 0 Å². The van der Waals surface area contributed by atoms with Crippen molar-refractivity contribution in [3.05, 3.63) is 107 Å². The quantitative estimate of drug-likeness (QED) is 0.289. The number of H-pyrrole nitrogens is 1. The maximum Gasteiger partial charge on any atom is 0.115 e. The van der Waals surface area contributed by atoms with E-state index < -0.39 is 0 Å². The predicted octanol–water partition coefficient (Wildman–Crippen LogP) is 8.45. The Morgan fingerprint density at radius 1 is 0.706 bits per heavy atom. The number of hydrogen-bond acceptors (Lipinski definition) is 1. The van der Waals surface area contributed by atoms with Crippen LogP contribution < -0.4 is 0 Å². The first kappa shape index (κ1) is 20.6. The number of aromatic hydroxyl groups is 1. The number of phenols is 1. The standard InChI is InChI=1S/C32H27NO/c1-20-12-14-23(15-13-20)29-21(2)28(22-8-4-3-5-9-22)30(24-16-18-25(34)19-17-24)32-31(29)26-10-6-7-11-27(26)33-32/h3-6,8-10,12-19,33-34H,7,11H2,1-2H3. The van der Waals surface area contributed by atoms with Crippen LogP contribution in [0.15, 0.2) is 84.9 Å². The predicted molar refractivity (Wildman–Crippen MR) is 143 cm³/mol. The molecule has 34 heavy (non-hydrogen) atoms. The Balaban J connectivity index is 1.82. The second-order valence-electron chi connectivity index (χ2n) is 9.24. The molecule has 5 aromatic rings. The fourth-order valence-corrected chi connectivity index (χ4v) is 5.41. The zero-order valence-electron chi connectivity index (χ0n) is 19.5. The van der Waals surface area contributed by atoms with Crippen molar-refractivity contribution in [2.75, 3.05) is 0 Å². The van der Waals surface area contributed by atoms with Crippen molar-refractivity contribution in [2.24, 2.45) is 0 Å². The van der Waals surface area contributed by atoms with Gasteiger partial charge in [-0.25, -0.2) is 0 Å². The van der Waals surface area contributed by atoms with E-state index in [-0.39, 0.29) is 5.75 Å². The number of nitrogens with one attached hydrogen (secondary N) is 1. The maximum atomic E-state index is 9.99. The topological polar surface area (TPSA) is 36.0 Å². The van der Waals surface area contributed by atoms with Crippen LogP contribution in [0, 0.1) is 13.8 Å². The normalized spacial score (nSPS) is 12.8. The number of benzene rings is 4. The van der Waals surface area contributed by atoms with E-state index in [2.05, 4.69) is 85.6 Å². The number of allylic oxidation sites excluding steroid dienone is 1. The Morgan fingerprint density at radius 3 is 2.09 bits per heavy atom. The number of aromatic amines is 1. The third-order valence-corrected chi connectivity index (χ3v) is 7.02. The van der Waals surface area contributed by atoms with Crippen molar-refractivity contribution >= 4 is 17.0 Å². The molecule has 2 nitrogen and oxygen atoms in total. The van der Waals surface area contributed by atoms with Gasteiger partial charge in [0.2, 0.25) is 0 Å². The smallest absolute Gasteiger partial charge is 0.115 e. The highest BCUT2D eigenvalue weighted by molar-refractivity contribution is 6.14. The van der Waals surface area contributed by atoms with Gasteiger partial charge >= 0.3 is 0 Å². The molecule has 0 fully saturated rings. The van der Waals surface area contributed by atoms with Gasteiger partial charge in [0.15, 0.2) is 0 Å². The van der Waals surface area contributed by atoms with Crippen LogP contribution in [0.3, 0.4) is 0 Å². The number of rotatable bonds is 3. The van der Waals surface area contributed by atoms with Gasteiger partial charge in [0, 0.05) is 22.2 Å². The lowest BCUT2D eigenvalue weighted by Gasteiger charge is -2.21. The summed E-state index contributed by atoms with van der Waals surface area (Å²) in [6, 6.07) is 27.2. The number of fused-ring (bicyclic) bond motifs is 3. The van der Waals surface area contributed by atoms with Crippen molar-refractivity contribution in [3.8, 4) is 39.1 Å². The molecule has 6 rings (SSSR count). The van der Waals surface area contributed by atoms with E-state index in [1.807, 2.05) is 12.1 Å². The highest BCUT2D eigenvalue weighted by Gasteiger charge is 2.25. The molecule has 0 bridgehead atoms. The molecule has 0 radical (unpaired) electrons. The van der Waals surface area contributed by atoms with Crippen molar-refractivity contribution in [1.82, 2.24) is 4.98 Å². The molecule has 1 aliphatic rings. The van der Waals surface area contributed by atoms with E-state index in [1.165, 1.54) is 61.1 Å². The number of aromatic nitrogens is 1. The van der Waals surface area contributed by atoms with Gasteiger partial charge in [0.25, 0.3) is 0 Å². The molecule has 0 aliphatic heterocycles. The summed E-state index contributed by atoms with van der Waals surface area (Å²) in [4.78, 5) is 3.84. The molecule has 0 amide bonds. The molecule has 0 unspecified atom stereocenters. The third kappa shape index (κ3) is 3.26. The Kier molecular flexibility index (Phi) is 4.88. The molecule has 2 N–H and O–H groups in total. The van der Waals surface area contributed by atoms with Crippen LogP contribution >= 0.6 is 0 Å². The van der Waals surface area contributed by atoms with Crippen LogP contribution in [0.1, 0.15) is 28.8 Å². The Labute approximate surface area is 200 Å². The van der Waals surface area contributed by atoms with Gasteiger partial charge in [-0.05, 0) is 72.2 Å². The lowest BCUT2D eigenvalue weighted by Crippen LogP contribution is -1.96. The summed E-state index contributed by atoms with van der Waals surface area (Å²) in [5.74, 6) is 0.281. The molecule has 1 heterocycles. The highest BCUT2D eigenvalue weighted by Crippen LogP contribution is 2.48.